The number of nitrogens with one attached hydrogen (secondary N) is 1. The lowest BCUT2D eigenvalue weighted by atomic mass is 10.2. The number of rotatable bonds is 8. The number of nitrogens with zero attached hydrogens (tertiary/aromatic N) is 4. The van der Waals surface area contributed by atoms with Gasteiger partial charge in [0, 0.05) is 6.54 Å². The summed E-state index contributed by atoms with van der Waals surface area (Å²) in [6, 6.07) is 9.90. The molecule has 2 aromatic rings. The average Bonchev–Trinajstić information content (AvgIpc) is 2.92. The number of anilines is 1. The second-order valence-corrected chi connectivity index (χ2v) is 5.22. The maximum atomic E-state index is 4.01. The van der Waals surface area contributed by atoms with Gasteiger partial charge in [0.2, 0.25) is 5.95 Å². The van der Waals surface area contributed by atoms with Crippen LogP contribution in [0.4, 0.5) is 5.95 Å². The zero-order valence-electron chi connectivity index (χ0n) is 11.1. The van der Waals surface area contributed by atoms with Gasteiger partial charge in [-0.25, -0.2) is 0 Å². The molecule has 0 bridgehead atoms. The van der Waals surface area contributed by atoms with Gasteiger partial charge in [0.15, 0.2) is 0 Å². The zero-order chi connectivity index (χ0) is 13.3. The van der Waals surface area contributed by atoms with Gasteiger partial charge < -0.3 is 5.32 Å². The number of aromatic nitrogens is 4. The van der Waals surface area contributed by atoms with Gasteiger partial charge in [0.25, 0.3) is 0 Å². The van der Waals surface area contributed by atoms with E-state index in [9.17, 15) is 0 Å². The predicted octanol–water partition coefficient (Wildman–Crippen LogP) is 2.61. The van der Waals surface area contributed by atoms with E-state index in [1.165, 1.54) is 18.6 Å². The van der Waals surface area contributed by atoms with Crippen LogP contribution in [0.15, 0.2) is 30.3 Å². The van der Waals surface area contributed by atoms with E-state index in [1.54, 1.807) is 4.68 Å². The van der Waals surface area contributed by atoms with Gasteiger partial charge >= 0.3 is 0 Å². The molecule has 0 spiro atoms. The smallest absolute Gasteiger partial charge is 0.247 e. The molecule has 5 nitrogen and oxygen atoms in total. The topological polar surface area (TPSA) is 55.6 Å². The van der Waals surface area contributed by atoms with Crippen molar-refractivity contribution in [3.8, 4) is 5.69 Å². The molecule has 0 saturated carbocycles. The number of tetrazole rings is 1. The largest absolute Gasteiger partial charge is 0.353 e. The molecule has 0 aliphatic carbocycles. The summed E-state index contributed by atoms with van der Waals surface area (Å²) in [5.74, 6) is 1.94. The summed E-state index contributed by atoms with van der Waals surface area (Å²) in [7, 11) is 0. The molecule has 1 heterocycles. The minimum absolute atomic E-state index is 0.705. The summed E-state index contributed by atoms with van der Waals surface area (Å²) >= 11 is 1.90. The average molecular weight is 277 g/mol. The molecule has 1 N–H and O–H groups in total. The fourth-order valence-corrected chi connectivity index (χ4v) is 2.28. The maximum absolute atomic E-state index is 4.01. The fourth-order valence-electron chi connectivity index (χ4n) is 1.79. The van der Waals surface area contributed by atoms with Gasteiger partial charge in [-0.2, -0.15) is 16.4 Å². The van der Waals surface area contributed by atoms with Crippen LogP contribution in [0.1, 0.15) is 19.3 Å². The number of thioether (sulfide) groups is 1. The fraction of sp³-hybridized carbons (Fsp3) is 0.462. The van der Waals surface area contributed by atoms with Gasteiger partial charge in [-0.3, -0.25) is 0 Å². The van der Waals surface area contributed by atoms with Crippen LogP contribution in [0, 0.1) is 0 Å². The lowest BCUT2D eigenvalue weighted by molar-refractivity contribution is 0.741. The van der Waals surface area contributed by atoms with Gasteiger partial charge in [-0.15, -0.1) is 0 Å². The van der Waals surface area contributed by atoms with Crippen molar-refractivity contribution in [1.82, 2.24) is 20.2 Å². The Kier molecular flexibility index (Phi) is 5.68. The Hall–Kier alpha value is -1.56. The van der Waals surface area contributed by atoms with Crippen LogP contribution >= 0.6 is 11.8 Å². The minimum Gasteiger partial charge on any atom is -0.353 e. The van der Waals surface area contributed by atoms with Gasteiger partial charge in [-0.05, 0) is 47.4 Å². The van der Waals surface area contributed by atoms with E-state index in [0.717, 1.165) is 18.7 Å². The highest BCUT2D eigenvalue weighted by molar-refractivity contribution is 7.98. The number of hydrogen-bond donors (Lipinski definition) is 1. The highest BCUT2D eigenvalue weighted by Gasteiger charge is 2.06. The molecule has 0 saturated heterocycles. The Balaban J connectivity index is 1.83. The van der Waals surface area contributed by atoms with Crippen molar-refractivity contribution in [3.63, 3.8) is 0 Å². The molecule has 0 fully saturated rings. The van der Waals surface area contributed by atoms with Crippen molar-refractivity contribution in [1.29, 1.82) is 0 Å². The Bertz CT molecular complexity index is 471. The first-order chi connectivity index (χ1) is 9.42. The minimum atomic E-state index is 0.705. The molecule has 19 heavy (non-hydrogen) atoms. The van der Waals surface area contributed by atoms with E-state index in [-0.39, 0.29) is 0 Å². The summed E-state index contributed by atoms with van der Waals surface area (Å²) in [5, 5.41) is 15.0. The summed E-state index contributed by atoms with van der Waals surface area (Å²) < 4.78 is 1.72. The molecular formula is C13H19N5S. The Morgan fingerprint density at radius 1 is 1.16 bits per heavy atom. The van der Waals surface area contributed by atoms with Gasteiger partial charge in [-0.1, -0.05) is 29.7 Å². The third-order valence-electron chi connectivity index (χ3n) is 2.78. The molecule has 6 heteroatoms. The zero-order valence-corrected chi connectivity index (χ0v) is 11.9. The van der Waals surface area contributed by atoms with Crippen LogP contribution in [0.5, 0.6) is 0 Å². The van der Waals surface area contributed by atoms with Crippen LogP contribution in [-0.4, -0.2) is 38.8 Å². The van der Waals surface area contributed by atoms with E-state index in [0.29, 0.717) is 5.95 Å². The maximum Gasteiger partial charge on any atom is 0.247 e. The molecule has 0 amide bonds. The summed E-state index contributed by atoms with van der Waals surface area (Å²) in [5.41, 5.74) is 0.970. The highest BCUT2D eigenvalue weighted by Crippen LogP contribution is 2.10. The number of unbranched alkanes of at least 4 members (excludes halogenated alkanes) is 2. The standard InChI is InChI=1S/C13H19N5S/c1-19-11-7-3-6-10-14-13-15-16-17-18(13)12-8-4-2-5-9-12/h2,4-5,8-9H,3,6-7,10-11H2,1H3,(H,14,15,17). The van der Waals surface area contributed by atoms with Crippen molar-refractivity contribution in [3.05, 3.63) is 30.3 Å². The summed E-state index contributed by atoms with van der Waals surface area (Å²) in [6.07, 6.45) is 5.79. The molecule has 0 unspecified atom stereocenters. The molecule has 2 rings (SSSR count). The molecule has 0 radical (unpaired) electrons. The molecule has 1 aromatic carbocycles. The first kappa shape index (κ1) is 13.9. The SMILES string of the molecule is CSCCCCCNc1nnnn1-c1ccccc1. The van der Waals surface area contributed by atoms with E-state index >= 15 is 0 Å². The third kappa shape index (κ3) is 4.24. The van der Waals surface area contributed by atoms with E-state index in [2.05, 4.69) is 27.1 Å². The quantitative estimate of drug-likeness (QED) is 0.752. The van der Waals surface area contributed by atoms with Crippen LogP contribution in [0.25, 0.3) is 5.69 Å². The monoisotopic (exact) mass is 277 g/mol. The van der Waals surface area contributed by atoms with E-state index < -0.39 is 0 Å². The number of para-hydroxylation sites is 1. The summed E-state index contributed by atoms with van der Waals surface area (Å²) in [6.45, 7) is 0.904. The molecular weight excluding hydrogens is 258 g/mol. The molecule has 102 valence electrons. The second-order valence-electron chi connectivity index (χ2n) is 4.23. The van der Waals surface area contributed by atoms with Crippen LogP contribution in [0.3, 0.4) is 0 Å². The predicted molar refractivity (Wildman–Crippen MR) is 79.9 cm³/mol. The number of hydrogen-bond acceptors (Lipinski definition) is 5. The Labute approximate surface area is 117 Å². The third-order valence-corrected chi connectivity index (χ3v) is 3.48. The van der Waals surface area contributed by atoms with E-state index in [4.69, 9.17) is 0 Å². The van der Waals surface area contributed by atoms with Crippen molar-refractivity contribution in [2.45, 2.75) is 19.3 Å². The van der Waals surface area contributed by atoms with E-state index in [1.807, 2.05) is 42.1 Å². The first-order valence-electron chi connectivity index (χ1n) is 6.48. The summed E-state index contributed by atoms with van der Waals surface area (Å²) in [4.78, 5) is 0. The Morgan fingerprint density at radius 2 is 2.00 bits per heavy atom. The first-order valence-corrected chi connectivity index (χ1v) is 7.88. The molecule has 0 aliphatic rings. The highest BCUT2D eigenvalue weighted by atomic mass is 32.2. The van der Waals surface area contributed by atoms with Crippen molar-refractivity contribution in [2.75, 3.05) is 23.9 Å². The lowest BCUT2D eigenvalue weighted by Crippen LogP contribution is -2.08. The van der Waals surface area contributed by atoms with Gasteiger partial charge in [0.1, 0.15) is 0 Å². The van der Waals surface area contributed by atoms with Crippen LogP contribution in [-0.2, 0) is 0 Å². The lowest BCUT2D eigenvalue weighted by Gasteiger charge is -2.06. The van der Waals surface area contributed by atoms with Gasteiger partial charge in [0.05, 0.1) is 5.69 Å². The molecule has 0 atom stereocenters. The van der Waals surface area contributed by atoms with Crippen molar-refractivity contribution >= 4 is 17.7 Å². The number of benzene rings is 1. The van der Waals surface area contributed by atoms with Crippen molar-refractivity contribution in [2.24, 2.45) is 0 Å². The Morgan fingerprint density at radius 3 is 2.79 bits per heavy atom. The van der Waals surface area contributed by atoms with Crippen molar-refractivity contribution < 1.29 is 0 Å². The van der Waals surface area contributed by atoms with Crippen LogP contribution in [0.2, 0.25) is 0 Å². The normalized spacial score (nSPS) is 10.6. The second kappa shape index (κ2) is 7.78. The van der Waals surface area contributed by atoms with Crippen LogP contribution < -0.4 is 5.32 Å². The molecule has 1 aromatic heterocycles. The molecule has 0 aliphatic heterocycles.